The highest BCUT2D eigenvalue weighted by molar-refractivity contribution is 5.85. The molecule has 0 bridgehead atoms. The van der Waals surface area contributed by atoms with E-state index in [0.717, 1.165) is 5.82 Å². The van der Waals surface area contributed by atoms with Gasteiger partial charge in [0.25, 0.3) is 0 Å². The van der Waals surface area contributed by atoms with Crippen molar-refractivity contribution in [3.63, 3.8) is 0 Å². The molecule has 5 heteroatoms. The van der Waals surface area contributed by atoms with Crippen molar-refractivity contribution in [2.75, 3.05) is 0 Å². The number of aliphatic carboxylic acids is 1. The summed E-state index contributed by atoms with van der Waals surface area (Å²) in [6.07, 6.45) is 3.31. The minimum atomic E-state index is -0.838. The number of hydrogen-bond acceptors (Lipinski definition) is 2. The summed E-state index contributed by atoms with van der Waals surface area (Å²) in [7, 11) is 0. The molecule has 74 valence electrons. The van der Waals surface area contributed by atoms with Crippen LogP contribution in [0, 0.1) is 0 Å². The van der Waals surface area contributed by atoms with E-state index < -0.39 is 5.97 Å². The van der Waals surface area contributed by atoms with Crippen molar-refractivity contribution in [1.82, 2.24) is 9.55 Å². The standard InChI is InChI=1S/C8H12N2O2.ClH/c1-6(2)8-9-3-4-10(8)5-7(11)12;/h3-4,6H,5H2,1-2H3,(H,11,12);1H. The Morgan fingerprint density at radius 1 is 1.69 bits per heavy atom. The van der Waals surface area contributed by atoms with Crippen LogP contribution in [0.15, 0.2) is 12.4 Å². The van der Waals surface area contributed by atoms with Crippen molar-refractivity contribution in [1.29, 1.82) is 0 Å². The van der Waals surface area contributed by atoms with E-state index in [4.69, 9.17) is 5.11 Å². The van der Waals surface area contributed by atoms with Crippen LogP contribution in [0.4, 0.5) is 0 Å². The van der Waals surface area contributed by atoms with Crippen molar-refractivity contribution in [2.45, 2.75) is 26.3 Å². The summed E-state index contributed by atoms with van der Waals surface area (Å²) in [6.45, 7) is 3.97. The van der Waals surface area contributed by atoms with Crippen molar-refractivity contribution < 1.29 is 9.90 Å². The van der Waals surface area contributed by atoms with Gasteiger partial charge in [-0.05, 0) is 0 Å². The first-order valence-corrected chi connectivity index (χ1v) is 3.84. The molecule has 13 heavy (non-hydrogen) atoms. The first kappa shape index (κ1) is 12.0. The molecule has 0 unspecified atom stereocenters. The van der Waals surface area contributed by atoms with Crippen LogP contribution in [0.3, 0.4) is 0 Å². The van der Waals surface area contributed by atoms with Crippen molar-refractivity contribution in [3.8, 4) is 0 Å². The highest BCUT2D eigenvalue weighted by atomic mass is 35.5. The molecule has 0 saturated heterocycles. The van der Waals surface area contributed by atoms with Crippen LogP contribution in [0.5, 0.6) is 0 Å². The largest absolute Gasteiger partial charge is 0.480 e. The molecular weight excluding hydrogens is 192 g/mol. The third-order valence-corrected chi connectivity index (χ3v) is 1.57. The van der Waals surface area contributed by atoms with Crippen LogP contribution in [-0.4, -0.2) is 20.6 Å². The predicted molar refractivity (Wildman–Crippen MR) is 51.2 cm³/mol. The van der Waals surface area contributed by atoms with Gasteiger partial charge < -0.3 is 9.67 Å². The van der Waals surface area contributed by atoms with Gasteiger partial charge in [-0.1, -0.05) is 13.8 Å². The van der Waals surface area contributed by atoms with Gasteiger partial charge >= 0.3 is 5.97 Å². The van der Waals surface area contributed by atoms with Crippen LogP contribution in [0.1, 0.15) is 25.6 Å². The molecule has 0 aromatic carbocycles. The minimum Gasteiger partial charge on any atom is -0.480 e. The van der Waals surface area contributed by atoms with E-state index in [1.165, 1.54) is 0 Å². The summed E-state index contributed by atoms with van der Waals surface area (Å²) in [5, 5.41) is 8.54. The summed E-state index contributed by atoms with van der Waals surface area (Å²) >= 11 is 0. The number of carbonyl (C=O) groups is 1. The molecule has 1 aromatic heterocycles. The Bertz CT molecular complexity index is 283. The Morgan fingerprint density at radius 2 is 2.31 bits per heavy atom. The van der Waals surface area contributed by atoms with E-state index in [1.54, 1.807) is 17.0 Å². The summed E-state index contributed by atoms with van der Waals surface area (Å²) in [4.78, 5) is 14.5. The summed E-state index contributed by atoms with van der Waals surface area (Å²) in [5.41, 5.74) is 0. The molecule has 0 aliphatic heterocycles. The van der Waals surface area contributed by atoms with Gasteiger partial charge in [0, 0.05) is 18.3 Å². The number of carboxylic acid groups (broad SMARTS) is 1. The number of rotatable bonds is 3. The molecule has 0 aliphatic rings. The maximum atomic E-state index is 10.4. The Kier molecular flexibility index (Phi) is 4.48. The van der Waals surface area contributed by atoms with E-state index in [9.17, 15) is 4.79 Å². The maximum Gasteiger partial charge on any atom is 0.323 e. The highest BCUT2D eigenvalue weighted by Crippen LogP contribution is 2.10. The van der Waals surface area contributed by atoms with E-state index in [2.05, 4.69) is 4.98 Å². The Labute approximate surface area is 83.0 Å². The van der Waals surface area contributed by atoms with Crippen molar-refractivity contribution in [3.05, 3.63) is 18.2 Å². The normalized spacial score (nSPS) is 9.77. The number of aromatic nitrogens is 2. The molecular formula is C8H13ClN2O2. The lowest BCUT2D eigenvalue weighted by Gasteiger charge is -2.06. The van der Waals surface area contributed by atoms with E-state index in [-0.39, 0.29) is 24.9 Å². The Hall–Kier alpha value is -1.03. The zero-order valence-corrected chi connectivity index (χ0v) is 8.41. The monoisotopic (exact) mass is 204 g/mol. The molecule has 0 radical (unpaired) electrons. The molecule has 0 aliphatic carbocycles. The molecule has 1 aromatic rings. The topological polar surface area (TPSA) is 55.1 Å². The lowest BCUT2D eigenvalue weighted by molar-refractivity contribution is -0.137. The predicted octanol–water partition coefficient (Wildman–Crippen LogP) is 1.51. The van der Waals surface area contributed by atoms with Crippen LogP contribution < -0.4 is 0 Å². The average molecular weight is 205 g/mol. The zero-order chi connectivity index (χ0) is 9.14. The number of imidazole rings is 1. The fraction of sp³-hybridized carbons (Fsp3) is 0.500. The third kappa shape index (κ3) is 3.06. The summed E-state index contributed by atoms with van der Waals surface area (Å²) < 4.78 is 1.65. The van der Waals surface area contributed by atoms with Gasteiger partial charge in [0.15, 0.2) is 0 Å². The second-order valence-electron chi connectivity index (χ2n) is 2.96. The van der Waals surface area contributed by atoms with Gasteiger partial charge in [-0.3, -0.25) is 4.79 Å². The number of carboxylic acids is 1. The second-order valence-corrected chi connectivity index (χ2v) is 2.96. The van der Waals surface area contributed by atoms with Gasteiger partial charge in [-0.25, -0.2) is 4.98 Å². The molecule has 0 atom stereocenters. The first-order valence-electron chi connectivity index (χ1n) is 3.84. The fourth-order valence-corrected chi connectivity index (χ4v) is 1.10. The van der Waals surface area contributed by atoms with Crippen molar-refractivity contribution in [2.24, 2.45) is 0 Å². The quantitative estimate of drug-likeness (QED) is 0.812. The molecule has 0 spiro atoms. The lowest BCUT2D eigenvalue weighted by Crippen LogP contribution is -2.11. The lowest BCUT2D eigenvalue weighted by atomic mass is 10.2. The second kappa shape index (κ2) is 4.87. The van der Waals surface area contributed by atoms with Gasteiger partial charge in [0.2, 0.25) is 0 Å². The summed E-state index contributed by atoms with van der Waals surface area (Å²) in [6, 6.07) is 0. The molecule has 1 heterocycles. The third-order valence-electron chi connectivity index (χ3n) is 1.57. The van der Waals surface area contributed by atoms with Gasteiger partial charge in [-0.2, -0.15) is 0 Å². The molecule has 4 nitrogen and oxygen atoms in total. The average Bonchev–Trinajstić information content (AvgIpc) is 2.33. The highest BCUT2D eigenvalue weighted by Gasteiger charge is 2.08. The smallest absolute Gasteiger partial charge is 0.323 e. The Balaban J connectivity index is 0.00000144. The summed E-state index contributed by atoms with van der Waals surface area (Å²) in [5.74, 6) is 0.242. The van der Waals surface area contributed by atoms with Gasteiger partial charge in [0.05, 0.1) is 0 Å². The SMILES string of the molecule is CC(C)c1nccn1CC(=O)O.Cl. The van der Waals surface area contributed by atoms with E-state index in [1.807, 2.05) is 13.8 Å². The number of halogens is 1. The molecule has 1 N–H and O–H groups in total. The van der Waals surface area contributed by atoms with Crippen molar-refractivity contribution >= 4 is 18.4 Å². The minimum absolute atomic E-state index is 0. The molecule has 0 amide bonds. The van der Waals surface area contributed by atoms with Gasteiger partial charge in [0.1, 0.15) is 12.4 Å². The van der Waals surface area contributed by atoms with Crippen LogP contribution >= 0.6 is 12.4 Å². The van der Waals surface area contributed by atoms with Gasteiger partial charge in [-0.15, -0.1) is 12.4 Å². The maximum absolute atomic E-state index is 10.4. The van der Waals surface area contributed by atoms with Crippen LogP contribution in [0.25, 0.3) is 0 Å². The van der Waals surface area contributed by atoms with E-state index >= 15 is 0 Å². The zero-order valence-electron chi connectivity index (χ0n) is 7.60. The number of hydrogen-bond donors (Lipinski definition) is 1. The van der Waals surface area contributed by atoms with Crippen LogP contribution in [0.2, 0.25) is 0 Å². The molecule has 0 fully saturated rings. The molecule has 1 rings (SSSR count). The number of nitrogens with zero attached hydrogens (tertiary/aromatic N) is 2. The molecule has 0 saturated carbocycles. The fourth-order valence-electron chi connectivity index (χ4n) is 1.10. The van der Waals surface area contributed by atoms with Crippen LogP contribution in [-0.2, 0) is 11.3 Å². The Morgan fingerprint density at radius 3 is 2.77 bits per heavy atom. The van der Waals surface area contributed by atoms with E-state index in [0.29, 0.717) is 0 Å². The first-order chi connectivity index (χ1) is 5.61.